The van der Waals surface area contributed by atoms with Crippen molar-refractivity contribution in [2.75, 3.05) is 0 Å². The molecule has 7 nitrogen and oxygen atoms in total. The van der Waals surface area contributed by atoms with Crippen molar-refractivity contribution in [3.8, 4) is 11.5 Å². The van der Waals surface area contributed by atoms with Crippen LogP contribution in [0.1, 0.15) is 136 Å². The van der Waals surface area contributed by atoms with Crippen molar-refractivity contribution in [1.82, 2.24) is 5.43 Å². The molecule has 9 heteroatoms. The van der Waals surface area contributed by atoms with Gasteiger partial charge in [0.15, 0.2) is 0 Å². The Balaban J connectivity index is 1.42. The number of nitrogens with zero attached hydrogens (tertiary/aromatic N) is 1. The van der Waals surface area contributed by atoms with E-state index in [-0.39, 0.29) is 23.0 Å². The van der Waals surface area contributed by atoms with Crippen LogP contribution >= 0.6 is 23.2 Å². The van der Waals surface area contributed by atoms with E-state index in [2.05, 4.69) is 17.5 Å². The van der Waals surface area contributed by atoms with Crippen molar-refractivity contribution >= 4 is 47.3 Å². The lowest BCUT2D eigenvalue weighted by molar-refractivity contribution is -0.121. The van der Waals surface area contributed by atoms with Gasteiger partial charge < -0.3 is 9.47 Å². The molecule has 0 aromatic heterocycles. The number of hydrogen-bond acceptors (Lipinski definition) is 6. The summed E-state index contributed by atoms with van der Waals surface area (Å²) in [5, 5.41) is 5.05. The lowest BCUT2D eigenvalue weighted by Crippen LogP contribution is -2.17. The highest BCUT2D eigenvalue weighted by Gasteiger charge is 2.15. The number of carbonyl (C=O) groups excluding carboxylic acids is 3. The van der Waals surface area contributed by atoms with Crippen molar-refractivity contribution in [2.24, 2.45) is 5.10 Å². The molecule has 3 aromatic rings. The van der Waals surface area contributed by atoms with Crippen LogP contribution in [0.3, 0.4) is 0 Å². The lowest BCUT2D eigenvalue weighted by atomic mass is 10.0. The molecule has 1 amide bonds. The summed E-state index contributed by atoms with van der Waals surface area (Å²) in [7, 11) is 0. The van der Waals surface area contributed by atoms with Gasteiger partial charge in [0.25, 0.3) is 0 Å². The number of benzene rings is 3. The molecule has 0 fully saturated rings. The smallest absolute Gasteiger partial charge is 0.343 e. The van der Waals surface area contributed by atoms with Gasteiger partial charge in [0.05, 0.1) is 17.3 Å². The normalized spacial score (nSPS) is 11.1. The van der Waals surface area contributed by atoms with E-state index < -0.39 is 11.9 Å². The average molecular weight is 696 g/mol. The van der Waals surface area contributed by atoms with Gasteiger partial charge in [-0.1, -0.05) is 120 Å². The summed E-state index contributed by atoms with van der Waals surface area (Å²) in [5.74, 6) is -1.18. The Hall–Kier alpha value is -3.68. The molecule has 0 aliphatic carbocycles. The molecule has 0 radical (unpaired) electrons. The standard InChI is InChI=1S/C39H48Cl2N2O5/c1-2-3-4-5-6-7-8-9-10-11-12-13-14-15-16-17-37(44)43-42-29-32-22-27-35(47-38(45)30-18-23-33(40)24-19-30)28-36(32)48-39(46)31-20-25-34(41)26-21-31/h18-29H,2-17H2,1H3,(H,43,44)/b42-29-. The number of nitrogens with one attached hydrogen (secondary N) is 1. The van der Waals surface area contributed by atoms with Crippen LogP contribution in [0.4, 0.5) is 0 Å². The molecule has 3 aromatic carbocycles. The predicted octanol–water partition coefficient (Wildman–Crippen LogP) is 11.1. The Morgan fingerprint density at radius 1 is 0.625 bits per heavy atom. The summed E-state index contributed by atoms with van der Waals surface area (Å²) in [6.07, 6.45) is 20.8. The van der Waals surface area contributed by atoms with Gasteiger partial charge in [0, 0.05) is 28.1 Å². The first-order valence-corrected chi connectivity index (χ1v) is 18.0. The third-order valence-corrected chi connectivity index (χ3v) is 8.46. The molecule has 3 rings (SSSR count). The third-order valence-electron chi connectivity index (χ3n) is 7.96. The fourth-order valence-corrected chi connectivity index (χ4v) is 5.41. The maximum absolute atomic E-state index is 12.9. The first kappa shape index (κ1) is 38.8. The molecule has 0 heterocycles. The van der Waals surface area contributed by atoms with Gasteiger partial charge in [-0.05, 0) is 67.1 Å². The van der Waals surface area contributed by atoms with Crippen molar-refractivity contribution in [2.45, 2.75) is 110 Å². The molecular weight excluding hydrogens is 647 g/mol. The summed E-state index contributed by atoms with van der Waals surface area (Å²) in [5.41, 5.74) is 3.54. The molecule has 258 valence electrons. The van der Waals surface area contributed by atoms with Gasteiger partial charge in [0.1, 0.15) is 11.5 Å². The minimum atomic E-state index is -0.639. The van der Waals surface area contributed by atoms with Crippen LogP contribution in [0.25, 0.3) is 0 Å². The Kier molecular flexibility index (Phi) is 18.4. The second-order valence-electron chi connectivity index (χ2n) is 12.0. The van der Waals surface area contributed by atoms with E-state index >= 15 is 0 Å². The second-order valence-corrected chi connectivity index (χ2v) is 12.9. The van der Waals surface area contributed by atoms with Crippen LogP contribution in [0, 0.1) is 0 Å². The molecule has 0 saturated carbocycles. The second kappa shape index (κ2) is 22.8. The Labute approximate surface area is 295 Å². The summed E-state index contributed by atoms with van der Waals surface area (Å²) >= 11 is 11.9. The monoisotopic (exact) mass is 694 g/mol. The zero-order valence-corrected chi connectivity index (χ0v) is 29.5. The summed E-state index contributed by atoms with van der Waals surface area (Å²) in [6, 6.07) is 17.1. The van der Waals surface area contributed by atoms with Crippen LogP contribution in [0.5, 0.6) is 11.5 Å². The van der Waals surface area contributed by atoms with Crippen LogP contribution in [-0.2, 0) is 4.79 Å². The van der Waals surface area contributed by atoms with E-state index in [1.165, 1.54) is 89.3 Å². The quantitative estimate of drug-likeness (QED) is 0.0371. The van der Waals surface area contributed by atoms with E-state index in [4.69, 9.17) is 32.7 Å². The van der Waals surface area contributed by atoms with E-state index in [0.29, 0.717) is 27.6 Å². The number of hydrogen-bond donors (Lipinski definition) is 1. The van der Waals surface area contributed by atoms with Gasteiger partial charge in [0.2, 0.25) is 5.91 Å². The number of carbonyl (C=O) groups is 3. The fraction of sp³-hybridized carbons (Fsp3) is 0.436. The number of esters is 2. The first-order chi connectivity index (χ1) is 23.4. The van der Waals surface area contributed by atoms with E-state index in [1.54, 1.807) is 60.7 Å². The molecule has 48 heavy (non-hydrogen) atoms. The zero-order valence-electron chi connectivity index (χ0n) is 28.0. The van der Waals surface area contributed by atoms with Crippen LogP contribution in [0.15, 0.2) is 71.8 Å². The van der Waals surface area contributed by atoms with Gasteiger partial charge in [-0.3, -0.25) is 4.79 Å². The van der Waals surface area contributed by atoms with Crippen molar-refractivity contribution in [3.05, 3.63) is 93.5 Å². The topological polar surface area (TPSA) is 94.1 Å². The van der Waals surface area contributed by atoms with E-state index in [1.807, 2.05) is 0 Å². The maximum Gasteiger partial charge on any atom is 0.343 e. The summed E-state index contributed by atoms with van der Waals surface area (Å²) < 4.78 is 11.1. The van der Waals surface area contributed by atoms with E-state index in [9.17, 15) is 14.4 Å². The SMILES string of the molecule is CCCCCCCCCCCCCCCCCC(=O)N/N=C\c1ccc(OC(=O)c2ccc(Cl)cc2)cc1OC(=O)c1ccc(Cl)cc1. The highest BCUT2D eigenvalue weighted by molar-refractivity contribution is 6.31. The molecule has 0 aliphatic heterocycles. The fourth-order valence-electron chi connectivity index (χ4n) is 5.16. The van der Waals surface area contributed by atoms with Crippen LogP contribution in [-0.4, -0.2) is 24.1 Å². The number of amides is 1. The number of halogens is 2. The molecule has 0 aliphatic rings. The third kappa shape index (κ3) is 15.5. The Morgan fingerprint density at radius 3 is 1.58 bits per heavy atom. The Morgan fingerprint density at radius 2 is 1.08 bits per heavy atom. The molecule has 0 spiro atoms. The number of unbranched alkanes of at least 4 members (excludes halogenated alkanes) is 14. The highest BCUT2D eigenvalue weighted by Crippen LogP contribution is 2.26. The van der Waals surface area contributed by atoms with Crippen molar-refractivity contribution in [1.29, 1.82) is 0 Å². The van der Waals surface area contributed by atoms with Gasteiger partial charge in [-0.25, -0.2) is 15.0 Å². The van der Waals surface area contributed by atoms with E-state index in [0.717, 1.165) is 19.3 Å². The van der Waals surface area contributed by atoms with Crippen molar-refractivity contribution < 1.29 is 23.9 Å². The van der Waals surface area contributed by atoms with Crippen molar-refractivity contribution in [3.63, 3.8) is 0 Å². The number of rotatable bonds is 22. The largest absolute Gasteiger partial charge is 0.423 e. The summed E-state index contributed by atoms with van der Waals surface area (Å²) in [4.78, 5) is 37.9. The number of ether oxygens (including phenoxy) is 2. The van der Waals surface area contributed by atoms with Gasteiger partial charge >= 0.3 is 11.9 Å². The molecule has 0 unspecified atom stereocenters. The molecular formula is C39H48Cl2N2O5. The van der Waals surface area contributed by atoms with Gasteiger partial charge in [-0.2, -0.15) is 5.10 Å². The molecule has 1 N–H and O–H groups in total. The lowest BCUT2D eigenvalue weighted by Gasteiger charge is -2.11. The van der Waals surface area contributed by atoms with Gasteiger partial charge in [-0.15, -0.1) is 0 Å². The zero-order chi connectivity index (χ0) is 34.4. The number of hydrazone groups is 1. The van der Waals surface area contributed by atoms with Crippen LogP contribution < -0.4 is 14.9 Å². The molecule has 0 atom stereocenters. The minimum absolute atomic E-state index is 0.0942. The summed E-state index contributed by atoms with van der Waals surface area (Å²) in [6.45, 7) is 2.26. The highest BCUT2D eigenvalue weighted by atomic mass is 35.5. The Bertz CT molecular complexity index is 1440. The average Bonchev–Trinajstić information content (AvgIpc) is 3.08. The predicted molar refractivity (Wildman–Crippen MR) is 195 cm³/mol. The maximum atomic E-state index is 12.9. The van der Waals surface area contributed by atoms with Crippen LogP contribution in [0.2, 0.25) is 10.0 Å². The molecule has 0 saturated heterocycles. The minimum Gasteiger partial charge on any atom is -0.423 e. The molecule has 0 bridgehead atoms. The first-order valence-electron chi connectivity index (χ1n) is 17.3.